The number of sulfonamides is 1. The molecule has 0 radical (unpaired) electrons. The van der Waals surface area contributed by atoms with Gasteiger partial charge < -0.3 is 35.4 Å². The summed E-state index contributed by atoms with van der Waals surface area (Å²) in [6.45, 7) is 7.68. The predicted molar refractivity (Wildman–Crippen MR) is 243 cm³/mol. The van der Waals surface area contributed by atoms with Crippen LogP contribution in [-0.2, 0) is 35.6 Å². The van der Waals surface area contributed by atoms with E-state index in [1.807, 2.05) is 67.6 Å². The van der Waals surface area contributed by atoms with E-state index in [-0.39, 0.29) is 54.7 Å². The van der Waals surface area contributed by atoms with Crippen LogP contribution in [0.3, 0.4) is 0 Å². The van der Waals surface area contributed by atoms with Gasteiger partial charge in [0.25, 0.3) is 5.91 Å². The molecule has 5 rings (SSSR count). The Bertz CT molecular complexity index is 2010. The summed E-state index contributed by atoms with van der Waals surface area (Å²) in [5.41, 5.74) is -2.79. The average molecular weight is 937 g/mol. The number of likely N-dealkylation sites (N-methyl/N-ethyl adjacent to an activating group) is 2. The molecule has 0 bridgehead atoms. The number of benzene rings is 1. The second-order valence-corrected chi connectivity index (χ2v) is 20.7. The fourth-order valence-corrected chi connectivity index (χ4v) is 10.4. The first-order chi connectivity index (χ1) is 30.6. The van der Waals surface area contributed by atoms with Crippen LogP contribution in [0.25, 0.3) is 0 Å². The Labute approximate surface area is 383 Å². The van der Waals surface area contributed by atoms with Gasteiger partial charge in [-0.2, -0.15) is 18.2 Å². The maximum absolute atomic E-state index is 14.4. The van der Waals surface area contributed by atoms with Gasteiger partial charge in [-0.25, -0.2) is 13.1 Å². The fraction of sp³-hybridized carbons (Fsp3) is 0.660. The van der Waals surface area contributed by atoms with E-state index in [9.17, 15) is 41.4 Å². The molecular formula is C47H71F3N6O8S. The number of carbonyl (C=O) groups excluding carboxylic acids is 2. The summed E-state index contributed by atoms with van der Waals surface area (Å²) in [5, 5.41) is 29.5. The van der Waals surface area contributed by atoms with Crippen molar-refractivity contribution in [2.45, 2.75) is 102 Å². The molecule has 3 aliphatic carbocycles. The van der Waals surface area contributed by atoms with E-state index in [2.05, 4.69) is 31.4 Å². The van der Waals surface area contributed by atoms with Crippen molar-refractivity contribution in [1.29, 1.82) is 0 Å². The van der Waals surface area contributed by atoms with Crippen LogP contribution in [0, 0.1) is 35.5 Å². The van der Waals surface area contributed by atoms with Crippen LogP contribution in [0.2, 0.25) is 0 Å². The smallest absolute Gasteiger partial charge is 0.500 e. The van der Waals surface area contributed by atoms with Crippen LogP contribution in [0.15, 0.2) is 77.2 Å². The Morgan fingerprint density at radius 3 is 2.42 bits per heavy atom. The lowest BCUT2D eigenvalue weighted by Crippen LogP contribution is -2.54. The number of amides is 2. The topological polar surface area (TPSA) is 173 Å². The number of nitrogens with one attached hydrogen (secondary N) is 3. The number of halogens is 3. The molecule has 1 aromatic carbocycles. The third kappa shape index (κ3) is 13.4. The fourth-order valence-electron chi connectivity index (χ4n) is 9.87. The highest BCUT2D eigenvalue weighted by molar-refractivity contribution is 7.90. The second kappa shape index (κ2) is 22.8. The van der Waals surface area contributed by atoms with Gasteiger partial charge in [-0.3, -0.25) is 14.4 Å². The molecule has 5 N–H and O–H groups in total. The Morgan fingerprint density at radius 2 is 1.80 bits per heavy atom. The summed E-state index contributed by atoms with van der Waals surface area (Å²) >= 11 is 0. The molecule has 0 aromatic heterocycles. The molecule has 1 saturated heterocycles. The SMILES string of the molecule is COC1=C(CN2O[C@@H](CO)[C@@H]([C@H](C)O)[C@H]2C(=O)N[C@H]2C[C@@H](C(C)C)CC[C@@H]2C)C=CCC1C1C=C(C(=O)N[C@@H](Cc2ccccc2)CN(C)C)C=C(N(C)CCNS(=O)(=O)C(F)(F)F)C1. The molecule has 10 atom stereocenters. The molecule has 0 spiro atoms. The average Bonchev–Trinajstić information content (AvgIpc) is 3.62. The van der Waals surface area contributed by atoms with E-state index in [4.69, 9.17) is 9.57 Å². The normalized spacial score (nSPS) is 27.6. The lowest BCUT2D eigenvalue weighted by molar-refractivity contribution is -0.172. The predicted octanol–water partition coefficient (Wildman–Crippen LogP) is 4.50. The summed E-state index contributed by atoms with van der Waals surface area (Å²) in [7, 11) is 1.46. The summed E-state index contributed by atoms with van der Waals surface area (Å²) in [6, 6.07) is 8.51. The zero-order valence-electron chi connectivity index (χ0n) is 39.1. The molecule has 1 saturated carbocycles. The number of carbonyl (C=O) groups is 2. The Morgan fingerprint density at radius 1 is 1.09 bits per heavy atom. The molecule has 1 heterocycles. The number of ether oxygens (including phenoxy) is 1. The van der Waals surface area contributed by atoms with Crippen molar-refractivity contribution in [1.82, 2.24) is 30.2 Å². The van der Waals surface area contributed by atoms with Crippen molar-refractivity contribution >= 4 is 21.8 Å². The van der Waals surface area contributed by atoms with Gasteiger partial charge in [-0.05, 0) is 94.9 Å². The van der Waals surface area contributed by atoms with E-state index < -0.39 is 52.9 Å². The van der Waals surface area contributed by atoms with Crippen molar-refractivity contribution in [3.8, 4) is 0 Å². The van der Waals surface area contributed by atoms with Gasteiger partial charge in [-0.15, -0.1) is 0 Å². The number of alkyl halides is 3. The Hall–Kier alpha value is -3.78. The second-order valence-electron chi connectivity index (χ2n) is 18.9. The van der Waals surface area contributed by atoms with E-state index >= 15 is 0 Å². The van der Waals surface area contributed by atoms with Crippen LogP contribution in [0.1, 0.15) is 65.4 Å². The number of hydrogen-bond donors (Lipinski definition) is 5. The number of methoxy groups -OCH3 is 1. The third-order valence-electron chi connectivity index (χ3n) is 13.5. The van der Waals surface area contributed by atoms with Crippen molar-refractivity contribution in [3.05, 3.63) is 82.8 Å². The van der Waals surface area contributed by atoms with Gasteiger partial charge in [0, 0.05) is 67.4 Å². The first-order valence-electron chi connectivity index (χ1n) is 22.8. The van der Waals surface area contributed by atoms with Crippen LogP contribution >= 0.6 is 0 Å². The van der Waals surface area contributed by atoms with Crippen LogP contribution in [0.4, 0.5) is 13.2 Å². The summed E-state index contributed by atoms with van der Waals surface area (Å²) in [6.07, 6.45) is 9.95. The molecule has 2 fully saturated rings. The van der Waals surface area contributed by atoms with E-state index in [0.29, 0.717) is 60.2 Å². The lowest BCUT2D eigenvalue weighted by Gasteiger charge is -2.38. The minimum Gasteiger partial charge on any atom is -0.500 e. The minimum atomic E-state index is -5.56. The lowest BCUT2D eigenvalue weighted by atomic mass is 9.74. The van der Waals surface area contributed by atoms with Gasteiger partial charge in [-0.1, -0.05) is 69.3 Å². The van der Waals surface area contributed by atoms with Gasteiger partial charge in [0.1, 0.15) is 17.9 Å². The molecule has 65 heavy (non-hydrogen) atoms. The zero-order valence-corrected chi connectivity index (χ0v) is 39.9. The van der Waals surface area contributed by atoms with Crippen LogP contribution < -0.4 is 15.4 Å². The number of allylic oxidation sites excluding steroid dienone is 4. The number of rotatable bonds is 20. The van der Waals surface area contributed by atoms with E-state index in [1.165, 1.54) is 5.06 Å². The standard InChI is InChI=1S/C47H71F3N6O8S/c1-29(2)33-18-17-30(3)40(25-33)53-46(60)43-42(31(4)58)41(28-57)64-56(43)26-34-15-12-16-39(44(34)63-8)35-22-36(24-38(23-35)55(7)20-19-51-65(61,62)47(48,49)50)45(59)52-37(27-54(5)6)21-32-13-10-9-11-14-32/h9-15,22,24,29-31,33,35,37,39-43,51,57-58H,16-21,23,25-28H2,1-8H3,(H,52,59)(H,53,60)/t30-,31-,33-,35?,37-,39?,40-,41-,42+,43-/m0/s1. The molecule has 364 valence electrons. The molecule has 1 aromatic rings. The Kier molecular flexibility index (Phi) is 18.3. The number of hydroxylamine groups is 2. The van der Waals surface area contributed by atoms with E-state index in [1.54, 1.807) is 36.8 Å². The van der Waals surface area contributed by atoms with Crippen LogP contribution in [-0.4, -0.2) is 142 Å². The van der Waals surface area contributed by atoms with Crippen LogP contribution in [0.5, 0.6) is 0 Å². The summed E-state index contributed by atoms with van der Waals surface area (Å²) in [5.74, 6) is -0.323. The van der Waals surface area contributed by atoms with E-state index in [0.717, 1.165) is 24.8 Å². The van der Waals surface area contributed by atoms with Crippen molar-refractivity contribution in [2.75, 3.05) is 61.0 Å². The van der Waals surface area contributed by atoms with Gasteiger partial charge >= 0.3 is 15.5 Å². The molecule has 2 amide bonds. The molecule has 2 unspecified atom stereocenters. The molecular weight excluding hydrogens is 866 g/mol. The maximum Gasteiger partial charge on any atom is 0.511 e. The minimum absolute atomic E-state index is 0.0628. The van der Waals surface area contributed by atoms with Gasteiger partial charge in [0.15, 0.2) is 0 Å². The van der Waals surface area contributed by atoms with Gasteiger partial charge in [0.2, 0.25) is 5.91 Å². The highest BCUT2D eigenvalue weighted by Crippen LogP contribution is 2.41. The highest BCUT2D eigenvalue weighted by Gasteiger charge is 2.51. The molecule has 1 aliphatic heterocycles. The maximum atomic E-state index is 14.4. The number of aliphatic hydroxyl groups excluding tert-OH is 2. The quantitative estimate of drug-likeness (QED) is 0.125. The monoisotopic (exact) mass is 937 g/mol. The first kappa shape index (κ1) is 52.2. The largest absolute Gasteiger partial charge is 0.511 e. The summed E-state index contributed by atoms with van der Waals surface area (Å²) < 4.78 is 70.9. The molecule has 14 nitrogen and oxygen atoms in total. The number of aliphatic hydroxyl groups is 2. The zero-order chi connectivity index (χ0) is 47.8. The summed E-state index contributed by atoms with van der Waals surface area (Å²) in [4.78, 5) is 38.6. The molecule has 4 aliphatic rings. The van der Waals surface area contributed by atoms with Crippen molar-refractivity contribution in [3.63, 3.8) is 0 Å². The number of nitrogens with zero attached hydrogens (tertiary/aromatic N) is 3. The van der Waals surface area contributed by atoms with Crippen molar-refractivity contribution < 1.29 is 51.0 Å². The first-order valence-corrected chi connectivity index (χ1v) is 24.3. The Balaban J connectivity index is 1.45. The van der Waals surface area contributed by atoms with Crippen molar-refractivity contribution in [2.24, 2.45) is 35.5 Å². The number of hydrogen-bond acceptors (Lipinski definition) is 11. The van der Waals surface area contributed by atoms with Gasteiger partial charge in [0.05, 0.1) is 26.4 Å². The molecule has 18 heteroatoms. The third-order valence-corrected chi connectivity index (χ3v) is 14.7. The highest BCUT2D eigenvalue weighted by atomic mass is 32.2.